The van der Waals surface area contributed by atoms with Crippen LogP contribution in [0.1, 0.15) is 47.0 Å². The van der Waals surface area contributed by atoms with Gasteiger partial charge in [-0.2, -0.15) is 8.42 Å². The molecule has 0 bridgehead atoms. The lowest BCUT2D eigenvalue weighted by molar-refractivity contribution is -0.281. The molecule has 2 rings (SSSR count). The lowest BCUT2D eigenvalue weighted by atomic mass is 10.0. The van der Waals surface area contributed by atoms with Crippen LogP contribution < -0.4 is 0 Å². The molecule has 4 N–H and O–H groups in total. The summed E-state index contributed by atoms with van der Waals surface area (Å²) in [6.45, 7) is 7.65. The summed E-state index contributed by atoms with van der Waals surface area (Å²) in [4.78, 5) is 0. The van der Waals surface area contributed by atoms with Crippen molar-refractivity contribution in [2.24, 2.45) is 0 Å². The Labute approximate surface area is 202 Å². The molecule has 0 aromatic heterocycles. The molecule has 2 saturated heterocycles. The topological polar surface area (TPSA) is 170 Å². The Morgan fingerprint density at radius 3 is 1.68 bits per heavy atom. The van der Waals surface area contributed by atoms with Gasteiger partial charge in [0.1, 0.15) is 12.2 Å². The maximum atomic E-state index is 11.2. The van der Waals surface area contributed by atoms with Crippen molar-refractivity contribution in [3.63, 3.8) is 0 Å². The van der Waals surface area contributed by atoms with Crippen molar-refractivity contribution in [1.82, 2.24) is 0 Å². The standard InChI is InChI=1S/C11H22O7S.C10H20O5/c1-7(2)17-11-10(13)9(12)6-8(18-11)4-5-19(14,15)16-3;1-6(2)14-10-9(12)8(11)4-7(15-10)5-13-3/h7-13H,4-6H2,1-3H3;6-12H,4-5H2,1-3H3/t8-,9-,10-,11-;7-,8+,9+,10+/m10/s1. The van der Waals surface area contributed by atoms with E-state index in [2.05, 4.69) is 4.18 Å². The minimum atomic E-state index is -3.56. The third kappa shape index (κ3) is 11.1. The largest absolute Gasteiger partial charge is 0.390 e. The van der Waals surface area contributed by atoms with E-state index >= 15 is 0 Å². The summed E-state index contributed by atoms with van der Waals surface area (Å²) in [6, 6.07) is 0. The van der Waals surface area contributed by atoms with Crippen LogP contribution in [0.2, 0.25) is 0 Å². The summed E-state index contributed by atoms with van der Waals surface area (Å²) in [5, 5.41) is 38.7. The van der Waals surface area contributed by atoms with Crippen molar-refractivity contribution in [3.05, 3.63) is 0 Å². The van der Waals surface area contributed by atoms with Crippen LogP contribution in [0.4, 0.5) is 0 Å². The van der Waals surface area contributed by atoms with E-state index in [9.17, 15) is 28.8 Å². The number of aliphatic hydroxyl groups is 4. The second-order valence-corrected chi connectivity index (χ2v) is 10.7. The predicted octanol–water partition coefficient (Wildman–Crippen LogP) is -0.491. The van der Waals surface area contributed by atoms with Crippen molar-refractivity contribution in [2.45, 2.75) is 108 Å². The summed E-state index contributed by atoms with van der Waals surface area (Å²) in [6.07, 6.45) is -5.87. The Balaban J connectivity index is 0.000000350. The maximum Gasteiger partial charge on any atom is 0.267 e. The van der Waals surface area contributed by atoms with E-state index in [0.29, 0.717) is 13.0 Å². The first-order valence-corrected chi connectivity index (χ1v) is 13.0. The molecule has 2 heterocycles. The molecule has 13 heteroatoms. The van der Waals surface area contributed by atoms with Gasteiger partial charge in [0.15, 0.2) is 12.6 Å². The number of rotatable bonds is 10. The smallest absolute Gasteiger partial charge is 0.267 e. The number of ether oxygens (including phenoxy) is 5. The van der Waals surface area contributed by atoms with Gasteiger partial charge in [0, 0.05) is 20.0 Å². The van der Waals surface area contributed by atoms with Gasteiger partial charge >= 0.3 is 0 Å². The van der Waals surface area contributed by atoms with Gasteiger partial charge in [-0.15, -0.1) is 0 Å². The van der Waals surface area contributed by atoms with E-state index in [1.54, 1.807) is 21.0 Å². The van der Waals surface area contributed by atoms with Gasteiger partial charge in [-0.1, -0.05) is 0 Å². The zero-order valence-corrected chi connectivity index (χ0v) is 21.6. The van der Waals surface area contributed by atoms with Gasteiger partial charge in [-0.05, 0) is 34.1 Å². The fourth-order valence-electron chi connectivity index (χ4n) is 3.43. The number of hydrogen-bond donors (Lipinski definition) is 4. The number of hydrogen-bond acceptors (Lipinski definition) is 12. The third-order valence-corrected chi connectivity index (χ3v) is 6.36. The summed E-state index contributed by atoms with van der Waals surface area (Å²) < 4.78 is 53.4. The molecule has 34 heavy (non-hydrogen) atoms. The molecule has 0 unspecified atom stereocenters. The van der Waals surface area contributed by atoms with E-state index < -0.39 is 53.2 Å². The predicted molar refractivity (Wildman–Crippen MR) is 120 cm³/mol. The zero-order valence-electron chi connectivity index (χ0n) is 20.8. The Morgan fingerprint density at radius 1 is 0.824 bits per heavy atom. The van der Waals surface area contributed by atoms with Crippen molar-refractivity contribution >= 4 is 10.1 Å². The molecule has 12 nitrogen and oxygen atoms in total. The van der Waals surface area contributed by atoms with Gasteiger partial charge in [0.25, 0.3) is 10.1 Å². The Kier molecular flexibility index (Phi) is 13.9. The number of methoxy groups -OCH3 is 1. The minimum absolute atomic E-state index is 0.0573. The van der Waals surface area contributed by atoms with E-state index in [4.69, 9.17) is 23.7 Å². The molecule has 2 fully saturated rings. The highest BCUT2D eigenvalue weighted by atomic mass is 32.2. The highest BCUT2D eigenvalue weighted by Crippen LogP contribution is 2.25. The Bertz CT molecular complexity index is 658. The Hall–Kier alpha value is -0.450. The SMILES string of the molecule is COC[C@@H]1C[C@@H](O)[C@@H](O)[C@H](OC(C)C)O1.COS(=O)(=O)CC[C@@H]1C[C@@H](O)[C@@H](O)[C@H](OC(C)C)O1. The Morgan fingerprint density at radius 2 is 1.26 bits per heavy atom. The van der Waals surface area contributed by atoms with Crippen LogP contribution in [0.15, 0.2) is 0 Å². The maximum absolute atomic E-state index is 11.2. The molecule has 8 atom stereocenters. The molecule has 0 aliphatic carbocycles. The second-order valence-electron chi connectivity index (χ2n) is 8.88. The van der Waals surface area contributed by atoms with Gasteiger partial charge in [0.05, 0.1) is 56.1 Å². The normalized spacial score (nSPS) is 34.7. The van der Waals surface area contributed by atoms with Crippen LogP contribution in [0.25, 0.3) is 0 Å². The summed E-state index contributed by atoms with van der Waals surface area (Å²) in [5.41, 5.74) is 0. The highest BCUT2D eigenvalue weighted by molar-refractivity contribution is 7.86. The third-order valence-electron chi connectivity index (χ3n) is 5.12. The number of aliphatic hydroxyl groups excluding tert-OH is 4. The molecule has 204 valence electrons. The van der Waals surface area contributed by atoms with E-state index in [1.165, 1.54) is 0 Å². The van der Waals surface area contributed by atoms with E-state index in [-0.39, 0.29) is 36.9 Å². The van der Waals surface area contributed by atoms with Gasteiger partial charge < -0.3 is 44.1 Å². The van der Waals surface area contributed by atoms with Crippen molar-refractivity contribution in [3.8, 4) is 0 Å². The van der Waals surface area contributed by atoms with Crippen molar-refractivity contribution in [2.75, 3.05) is 26.6 Å². The van der Waals surface area contributed by atoms with Crippen molar-refractivity contribution in [1.29, 1.82) is 0 Å². The minimum Gasteiger partial charge on any atom is -0.390 e. The first-order valence-electron chi connectivity index (χ1n) is 11.4. The molecule has 0 spiro atoms. The van der Waals surface area contributed by atoms with Gasteiger partial charge in [0.2, 0.25) is 0 Å². The molecule has 0 amide bonds. The quantitative estimate of drug-likeness (QED) is 0.274. The van der Waals surface area contributed by atoms with Gasteiger partial charge in [-0.25, -0.2) is 0 Å². The molecule has 0 radical (unpaired) electrons. The average molecular weight is 519 g/mol. The summed E-state index contributed by atoms with van der Waals surface area (Å²) in [5.74, 6) is -0.203. The fourth-order valence-corrected chi connectivity index (χ4v) is 4.15. The van der Waals surface area contributed by atoms with Crippen molar-refractivity contribution < 1.29 is 56.7 Å². The molecule has 0 saturated carbocycles. The lowest BCUT2D eigenvalue weighted by Crippen LogP contribution is -2.51. The van der Waals surface area contributed by atoms with Gasteiger partial charge in [-0.3, -0.25) is 4.18 Å². The fraction of sp³-hybridized carbons (Fsp3) is 1.00. The van der Waals surface area contributed by atoms with E-state index in [1.807, 2.05) is 13.8 Å². The molecule has 2 aliphatic heterocycles. The van der Waals surface area contributed by atoms with Crippen LogP contribution in [0, 0.1) is 0 Å². The first-order chi connectivity index (χ1) is 15.8. The lowest BCUT2D eigenvalue weighted by Gasteiger charge is -2.37. The van der Waals surface area contributed by atoms with Crippen LogP contribution in [-0.4, -0.2) is 117 Å². The summed E-state index contributed by atoms with van der Waals surface area (Å²) in [7, 11) is -0.889. The molecular formula is C21H42O12S. The molecule has 2 aliphatic rings. The zero-order chi connectivity index (χ0) is 26.1. The molecular weight excluding hydrogens is 476 g/mol. The molecule has 0 aromatic rings. The monoisotopic (exact) mass is 518 g/mol. The molecule has 0 aromatic carbocycles. The average Bonchev–Trinajstić information content (AvgIpc) is 2.73. The van der Waals surface area contributed by atoms with Crippen LogP contribution in [0.5, 0.6) is 0 Å². The second kappa shape index (κ2) is 15.0. The van der Waals surface area contributed by atoms with E-state index in [0.717, 1.165) is 7.11 Å². The van der Waals surface area contributed by atoms with Crippen LogP contribution >= 0.6 is 0 Å². The van der Waals surface area contributed by atoms with Crippen LogP contribution in [0.3, 0.4) is 0 Å². The first kappa shape index (κ1) is 31.6. The summed E-state index contributed by atoms with van der Waals surface area (Å²) >= 11 is 0. The van der Waals surface area contributed by atoms with Crippen LogP contribution in [-0.2, 0) is 38.0 Å². The highest BCUT2D eigenvalue weighted by Gasteiger charge is 2.39.